The van der Waals surface area contributed by atoms with Crippen molar-refractivity contribution in [2.45, 2.75) is 26.2 Å². The molecule has 0 heterocycles. The van der Waals surface area contributed by atoms with E-state index >= 15 is 0 Å². The second-order valence-corrected chi connectivity index (χ2v) is 9.11. The Morgan fingerprint density at radius 2 is 1.08 bits per heavy atom. The van der Waals surface area contributed by atoms with E-state index in [1.165, 1.54) is 31.9 Å². The van der Waals surface area contributed by atoms with E-state index in [0.29, 0.717) is 6.42 Å². The first-order chi connectivity index (χ1) is 16.2. The number of carbonyl (C=O) groups is 1. The van der Waals surface area contributed by atoms with Crippen molar-refractivity contribution < 1.29 is 51.3 Å². The summed E-state index contributed by atoms with van der Waals surface area (Å²) in [5, 5.41) is 8.19. The van der Waals surface area contributed by atoms with Crippen LogP contribution in [0.4, 0.5) is 0 Å². The maximum absolute atomic E-state index is 9.87. The van der Waals surface area contributed by atoms with E-state index in [1.54, 1.807) is 0 Å². The Labute approximate surface area is 244 Å². The molecule has 0 spiro atoms. The van der Waals surface area contributed by atoms with Gasteiger partial charge in [-0.05, 0) is 12.8 Å². The fourth-order valence-electron chi connectivity index (χ4n) is 3.45. The Balaban J connectivity index is 0.000000514. The molecular weight excluding hydrogens is 537 g/mol. The molecule has 2 nitrogen and oxygen atoms in total. The second kappa shape index (κ2) is 18.9. The van der Waals surface area contributed by atoms with Gasteiger partial charge in [0.2, 0.25) is 0 Å². The van der Waals surface area contributed by atoms with Gasteiger partial charge in [-0.2, -0.15) is 0 Å². The minimum absolute atomic E-state index is 0. The summed E-state index contributed by atoms with van der Waals surface area (Å²) in [6, 6.07) is 40.4. The van der Waals surface area contributed by atoms with Crippen LogP contribution in [-0.2, 0) is 26.5 Å². The fourth-order valence-corrected chi connectivity index (χ4v) is 4.50. The summed E-state index contributed by atoms with van der Waals surface area (Å²) in [6.45, 7) is 2.00. The van der Waals surface area contributed by atoms with Gasteiger partial charge in [-0.25, -0.2) is 0 Å². The molecule has 0 saturated heterocycles. The summed E-state index contributed by atoms with van der Waals surface area (Å²) < 4.78 is 0. The van der Waals surface area contributed by atoms with E-state index in [1.807, 2.05) is 6.92 Å². The number of unbranched alkanes of at least 4 members (excludes halogenated alkanes) is 1. The van der Waals surface area contributed by atoms with Gasteiger partial charge in [0.15, 0.2) is 0 Å². The van der Waals surface area contributed by atoms with Crippen LogP contribution in [0.15, 0.2) is 115 Å². The van der Waals surface area contributed by atoms with Gasteiger partial charge in [-0.15, -0.1) is 39.7 Å². The van der Waals surface area contributed by atoms with Crippen molar-refractivity contribution in [2.75, 3.05) is 0 Å². The van der Waals surface area contributed by atoms with Gasteiger partial charge >= 0.3 is 21.7 Å². The average Bonchev–Trinajstić information content (AvgIpc) is 3.24. The van der Waals surface area contributed by atoms with E-state index < -0.39 is 5.91 Å². The summed E-state index contributed by atoms with van der Waals surface area (Å²) in [6.07, 6.45) is 2.30. The Morgan fingerprint density at radius 3 is 1.44 bits per heavy atom. The van der Waals surface area contributed by atoms with Gasteiger partial charge in [0.25, 0.3) is 0 Å². The third-order valence-corrected chi connectivity index (χ3v) is 6.36. The summed E-state index contributed by atoms with van der Waals surface area (Å²) in [7, 11) is 0.777. The molecule has 1 N–H and O–H groups in total. The molecule has 182 valence electrons. The van der Waals surface area contributed by atoms with E-state index in [-0.39, 0.29) is 46.5 Å². The zero-order chi connectivity index (χ0) is 23.3. The molecule has 0 aromatic heterocycles. The molecular formula is C30H29Cl2NOSiTi. The molecule has 6 heteroatoms. The molecule has 5 rings (SSSR count). The molecule has 0 unspecified atom stereocenters. The number of benzene rings is 4. The molecule has 0 atom stereocenters. The molecule has 0 bridgehead atoms. The first kappa shape index (κ1) is 33.7. The number of rotatable bonds is 5. The van der Waals surface area contributed by atoms with Crippen molar-refractivity contribution in [2.24, 2.45) is 0 Å². The van der Waals surface area contributed by atoms with Crippen LogP contribution in [0.5, 0.6) is 0 Å². The number of halogens is 2. The maximum atomic E-state index is 9.87. The van der Waals surface area contributed by atoms with Crippen molar-refractivity contribution >= 4 is 47.3 Å². The summed E-state index contributed by atoms with van der Waals surface area (Å²) in [5.74, 6) is -0.443. The van der Waals surface area contributed by atoms with Crippen LogP contribution in [-0.4, -0.2) is 15.4 Å². The number of carbonyl (C=O) groups excluding carboxylic acids is 1. The number of hydrogen-bond donors (Lipinski definition) is 0. The monoisotopic (exact) mass is 565 g/mol. The van der Waals surface area contributed by atoms with Gasteiger partial charge in [0, 0.05) is 5.91 Å². The molecule has 0 aliphatic rings. The van der Waals surface area contributed by atoms with E-state index in [2.05, 4.69) is 115 Å². The molecule has 5 aromatic carbocycles. The van der Waals surface area contributed by atoms with E-state index in [0.717, 1.165) is 22.4 Å². The van der Waals surface area contributed by atoms with Crippen molar-refractivity contribution in [1.29, 1.82) is 0 Å². The summed E-state index contributed by atoms with van der Waals surface area (Å²) >= 11 is 0. The van der Waals surface area contributed by atoms with E-state index in [9.17, 15) is 4.79 Å². The maximum Gasteiger partial charge on any atom is 4.00 e. The van der Waals surface area contributed by atoms with Crippen LogP contribution in [0.1, 0.15) is 26.2 Å². The summed E-state index contributed by atoms with van der Waals surface area (Å²) in [4.78, 5) is 9.87. The Morgan fingerprint density at radius 1 is 0.694 bits per heavy atom. The van der Waals surface area contributed by atoms with Gasteiger partial charge < -0.3 is 35.3 Å². The topological polar surface area (TPSA) is 40.9 Å². The standard InChI is InChI=1S/C13H9.C12H10Si.C5H11NO.2ClH.Ti/c1-3-7-12-10(5-1)9-11-6-2-4-8-13(11)12;1-3-7-11(8-4-1)13-12-9-5-2-6-10-12;1-2-3-4-5(6)7;;;/h1-9H;1-10H;2-4H2,1H3,(H2,6,7);2*1H;/q-1;;;;;+4/p-3. The molecule has 0 saturated carbocycles. The van der Waals surface area contributed by atoms with Gasteiger partial charge in [-0.1, -0.05) is 121 Å². The number of fused-ring (bicyclic) bond motifs is 3. The quantitative estimate of drug-likeness (QED) is 0.230. The largest absolute Gasteiger partial charge is 4.00 e. The molecule has 5 aromatic rings. The van der Waals surface area contributed by atoms with Gasteiger partial charge in [-0.3, -0.25) is 0 Å². The minimum Gasteiger partial charge on any atom is -1.00 e. The van der Waals surface area contributed by atoms with Gasteiger partial charge in [0.05, 0.1) is 0 Å². The van der Waals surface area contributed by atoms with Crippen molar-refractivity contribution in [3.05, 3.63) is 121 Å². The third-order valence-electron chi connectivity index (χ3n) is 5.12. The molecule has 36 heavy (non-hydrogen) atoms. The van der Waals surface area contributed by atoms with Crippen LogP contribution in [0.2, 0.25) is 0 Å². The zero-order valence-corrected chi connectivity index (χ0v) is 24.3. The number of amides is 1. The Hall–Kier alpha value is -2.27. The van der Waals surface area contributed by atoms with Crippen LogP contribution in [0.25, 0.3) is 27.3 Å². The predicted molar refractivity (Wildman–Crippen MR) is 144 cm³/mol. The average molecular weight is 566 g/mol. The van der Waals surface area contributed by atoms with E-state index in [4.69, 9.17) is 5.73 Å². The first-order valence-corrected chi connectivity index (χ1v) is 12.3. The molecule has 2 radical (unpaired) electrons. The fraction of sp³-hybridized carbons (Fsp3) is 0.133. The molecule has 1 amide bonds. The van der Waals surface area contributed by atoms with Crippen molar-refractivity contribution in [3.8, 4) is 0 Å². The van der Waals surface area contributed by atoms with Crippen LogP contribution < -0.4 is 35.2 Å². The van der Waals surface area contributed by atoms with Crippen LogP contribution in [0.3, 0.4) is 0 Å². The molecule has 0 fully saturated rings. The predicted octanol–water partition coefficient (Wildman–Crippen LogP) is 0.814. The normalized spacial score (nSPS) is 9.25. The number of nitrogens with one attached hydrogen (secondary N) is 1. The molecule has 0 aliphatic carbocycles. The Kier molecular flexibility index (Phi) is 17.7. The van der Waals surface area contributed by atoms with Crippen molar-refractivity contribution in [3.63, 3.8) is 0 Å². The zero-order valence-electron chi connectivity index (χ0n) is 20.3. The molecule has 0 aliphatic heterocycles. The van der Waals surface area contributed by atoms with Gasteiger partial charge in [0.1, 0.15) is 9.52 Å². The first-order valence-electron chi connectivity index (χ1n) is 11.3. The van der Waals surface area contributed by atoms with Crippen LogP contribution >= 0.6 is 0 Å². The third kappa shape index (κ3) is 11.2. The SMILES string of the molecule is CCCCC([NH-])=O.[Cl-].[Cl-].[Ti+4].c1ccc([Si]c2ccccc2)cc1.c1ccc2c(c1)[cH-]c1ccccc12. The Bertz CT molecular complexity index is 1180. The van der Waals surface area contributed by atoms with Crippen molar-refractivity contribution in [1.82, 2.24) is 0 Å². The summed E-state index contributed by atoms with van der Waals surface area (Å²) in [5.41, 5.74) is 6.44. The number of hydrogen-bond acceptors (Lipinski definition) is 1. The van der Waals surface area contributed by atoms with Crippen LogP contribution in [0, 0.1) is 0 Å². The minimum atomic E-state index is -0.443. The second-order valence-electron chi connectivity index (χ2n) is 7.70. The smallest absolute Gasteiger partial charge is 1.00 e.